The molecule has 8 nitrogen and oxygen atoms in total. The average molecular weight is 277 g/mol. The molecule has 0 saturated carbocycles. The van der Waals surface area contributed by atoms with Crippen molar-refractivity contribution in [1.82, 2.24) is 20.2 Å². The van der Waals surface area contributed by atoms with Crippen LogP contribution in [-0.4, -0.2) is 44.5 Å². The lowest BCUT2D eigenvalue weighted by molar-refractivity contribution is 0.477. The van der Waals surface area contributed by atoms with Gasteiger partial charge in [-0.05, 0) is 13.0 Å². The maximum absolute atomic E-state index is 10.8. The van der Waals surface area contributed by atoms with Gasteiger partial charge in [0.2, 0.25) is 15.9 Å². The topological polar surface area (TPSA) is 109 Å². The molecule has 0 amide bonds. The van der Waals surface area contributed by atoms with Gasteiger partial charge < -0.3 is 15.1 Å². The van der Waals surface area contributed by atoms with Gasteiger partial charge in [-0.1, -0.05) is 12.0 Å². The van der Waals surface area contributed by atoms with Crippen LogP contribution in [0.1, 0.15) is 19.2 Å². The zero-order chi connectivity index (χ0) is 13.4. The van der Waals surface area contributed by atoms with Gasteiger partial charge in [0, 0.05) is 13.1 Å². The summed E-state index contributed by atoms with van der Waals surface area (Å²) in [6, 6.07) is 0.290. The zero-order valence-electron chi connectivity index (χ0n) is 10.6. The van der Waals surface area contributed by atoms with Crippen LogP contribution in [0.15, 0.2) is 4.42 Å². The molecule has 0 radical (unpaired) electrons. The second-order valence-corrected chi connectivity index (χ2v) is 5.60. The smallest absolute Gasteiger partial charge is 0.315 e. The number of anilines is 1. The van der Waals surface area contributed by atoms with Crippen molar-refractivity contribution in [2.75, 3.05) is 31.2 Å². The van der Waals surface area contributed by atoms with E-state index in [2.05, 4.69) is 32.5 Å². The van der Waals surface area contributed by atoms with E-state index in [1.807, 2.05) is 0 Å². The molecule has 1 rings (SSSR count). The molecule has 0 aromatic carbocycles. The maximum Gasteiger partial charge on any atom is 0.315 e. The Morgan fingerprint density at radius 1 is 1.22 bits per heavy atom. The predicted molar refractivity (Wildman–Crippen MR) is 67.6 cm³/mol. The first kappa shape index (κ1) is 14.9. The summed E-state index contributed by atoms with van der Waals surface area (Å²) in [5.41, 5.74) is 0. The molecule has 0 atom stereocenters. The second kappa shape index (κ2) is 7.29. The first-order chi connectivity index (χ1) is 8.51. The maximum atomic E-state index is 10.8. The van der Waals surface area contributed by atoms with Gasteiger partial charge in [-0.2, -0.15) is 0 Å². The van der Waals surface area contributed by atoms with Crippen molar-refractivity contribution in [1.29, 1.82) is 0 Å². The van der Waals surface area contributed by atoms with Crippen LogP contribution in [0.2, 0.25) is 0 Å². The largest absolute Gasteiger partial charge is 0.407 e. The van der Waals surface area contributed by atoms with E-state index >= 15 is 0 Å². The molecular formula is C9H19N5O3S. The van der Waals surface area contributed by atoms with Gasteiger partial charge in [-0.25, -0.2) is 13.1 Å². The number of sulfonamides is 1. The fourth-order valence-electron chi connectivity index (χ4n) is 1.17. The molecule has 1 aromatic rings. The first-order valence-corrected chi connectivity index (χ1v) is 7.62. The SMILES string of the molecule is CCCNCc1nnc(NCCNS(C)(=O)=O)o1. The van der Waals surface area contributed by atoms with E-state index in [0.717, 1.165) is 19.2 Å². The van der Waals surface area contributed by atoms with Gasteiger partial charge in [0.15, 0.2) is 0 Å². The highest BCUT2D eigenvalue weighted by Crippen LogP contribution is 2.04. The Kier molecular flexibility index (Phi) is 6.02. The van der Waals surface area contributed by atoms with Crippen molar-refractivity contribution in [2.24, 2.45) is 0 Å². The number of nitrogens with zero attached hydrogens (tertiary/aromatic N) is 2. The molecule has 9 heteroatoms. The monoisotopic (exact) mass is 277 g/mol. The van der Waals surface area contributed by atoms with E-state index in [4.69, 9.17) is 4.42 Å². The Morgan fingerprint density at radius 2 is 2.00 bits per heavy atom. The number of nitrogens with one attached hydrogen (secondary N) is 3. The third-order valence-electron chi connectivity index (χ3n) is 1.94. The van der Waals surface area contributed by atoms with Crippen LogP contribution in [-0.2, 0) is 16.6 Å². The van der Waals surface area contributed by atoms with Gasteiger partial charge in [0.1, 0.15) is 0 Å². The molecular weight excluding hydrogens is 258 g/mol. The quantitative estimate of drug-likeness (QED) is 0.523. The fraction of sp³-hybridized carbons (Fsp3) is 0.778. The van der Waals surface area contributed by atoms with E-state index < -0.39 is 10.0 Å². The number of aromatic nitrogens is 2. The summed E-state index contributed by atoms with van der Waals surface area (Å²) in [5, 5.41) is 13.6. The van der Waals surface area contributed by atoms with Crippen molar-refractivity contribution >= 4 is 16.0 Å². The fourth-order valence-corrected chi connectivity index (χ4v) is 1.65. The molecule has 1 aromatic heterocycles. The van der Waals surface area contributed by atoms with Crippen molar-refractivity contribution in [2.45, 2.75) is 19.9 Å². The Hall–Kier alpha value is -1.19. The highest BCUT2D eigenvalue weighted by molar-refractivity contribution is 7.88. The summed E-state index contributed by atoms with van der Waals surface area (Å²) >= 11 is 0. The minimum Gasteiger partial charge on any atom is -0.407 e. The van der Waals surface area contributed by atoms with Crippen LogP contribution in [0, 0.1) is 0 Å². The normalized spacial score (nSPS) is 11.7. The molecule has 0 fully saturated rings. The zero-order valence-corrected chi connectivity index (χ0v) is 11.4. The summed E-state index contributed by atoms with van der Waals surface area (Å²) < 4.78 is 29.2. The molecule has 0 bridgehead atoms. The Labute approximate surface area is 107 Å². The summed E-state index contributed by atoms with van der Waals surface area (Å²) in [6.07, 6.45) is 2.15. The minimum atomic E-state index is -3.15. The van der Waals surface area contributed by atoms with Gasteiger partial charge in [0.05, 0.1) is 12.8 Å². The molecule has 0 aliphatic rings. The second-order valence-electron chi connectivity index (χ2n) is 3.77. The molecule has 1 heterocycles. The molecule has 0 saturated heterocycles. The van der Waals surface area contributed by atoms with Crippen LogP contribution in [0.3, 0.4) is 0 Å². The molecule has 3 N–H and O–H groups in total. The van der Waals surface area contributed by atoms with Gasteiger partial charge in [-0.15, -0.1) is 5.10 Å². The van der Waals surface area contributed by atoms with E-state index in [9.17, 15) is 8.42 Å². The lowest BCUT2D eigenvalue weighted by Crippen LogP contribution is -2.27. The van der Waals surface area contributed by atoms with Crippen LogP contribution in [0.5, 0.6) is 0 Å². The summed E-state index contributed by atoms with van der Waals surface area (Å²) in [4.78, 5) is 0. The van der Waals surface area contributed by atoms with Crippen LogP contribution < -0.4 is 15.4 Å². The van der Waals surface area contributed by atoms with E-state index in [-0.39, 0.29) is 6.54 Å². The summed E-state index contributed by atoms with van der Waals surface area (Å²) in [7, 11) is -3.15. The Bertz CT molecular complexity index is 445. The average Bonchev–Trinajstić information content (AvgIpc) is 2.72. The molecule has 0 aliphatic heterocycles. The molecule has 0 aliphatic carbocycles. The first-order valence-electron chi connectivity index (χ1n) is 5.73. The van der Waals surface area contributed by atoms with Gasteiger partial charge in [0.25, 0.3) is 0 Å². The van der Waals surface area contributed by atoms with Crippen LogP contribution >= 0.6 is 0 Å². The summed E-state index contributed by atoms with van der Waals surface area (Å²) in [6.45, 7) is 4.15. The highest BCUT2D eigenvalue weighted by atomic mass is 32.2. The number of hydrogen-bond acceptors (Lipinski definition) is 7. The lowest BCUT2D eigenvalue weighted by atomic mass is 10.5. The Balaban J connectivity index is 2.23. The number of rotatable bonds is 9. The van der Waals surface area contributed by atoms with Crippen molar-refractivity contribution < 1.29 is 12.8 Å². The molecule has 104 valence electrons. The van der Waals surface area contributed by atoms with Crippen molar-refractivity contribution in [3.63, 3.8) is 0 Å². The van der Waals surface area contributed by atoms with Gasteiger partial charge >= 0.3 is 6.01 Å². The van der Waals surface area contributed by atoms with Crippen molar-refractivity contribution in [3.8, 4) is 0 Å². The lowest BCUT2D eigenvalue weighted by Gasteiger charge is -2.02. The van der Waals surface area contributed by atoms with Gasteiger partial charge in [-0.3, -0.25) is 0 Å². The van der Waals surface area contributed by atoms with Crippen molar-refractivity contribution in [3.05, 3.63) is 5.89 Å². The molecule has 0 unspecified atom stereocenters. The standard InChI is InChI=1S/C9H19N5O3S/c1-3-4-10-7-8-13-14-9(17-8)11-5-6-12-18(2,15)16/h10,12H,3-7H2,1-2H3,(H,11,14). The number of hydrogen-bond donors (Lipinski definition) is 3. The van der Waals surface area contributed by atoms with E-state index in [1.54, 1.807) is 0 Å². The third-order valence-corrected chi connectivity index (χ3v) is 2.66. The van der Waals surface area contributed by atoms with E-state index in [1.165, 1.54) is 0 Å². The Morgan fingerprint density at radius 3 is 2.67 bits per heavy atom. The predicted octanol–water partition coefficient (Wildman–Crippen LogP) is -0.470. The van der Waals surface area contributed by atoms with Crippen LogP contribution in [0.25, 0.3) is 0 Å². The summed E-state index contributed by atoms with van der Waals surface area (Å²) in [5.74, 6) is 0.502. The molecule has 0 spiro atoms. The minimum absolute atomic E-state index is 0.268. The highest BCUT2D eigenvalue weighted by Gasteiger charge is 2.05. The third kappa shape index (κ3) is 6.52. The van der Waals surface area contributed by atoms with Crippen LogP contribution in [0.4, 0.5) is 6.01 Å². The molecule has 18 heavy (non-hydrogen) atoms. The van der Waals surface area contributed by atoms with E-state index in [0.29, 0.717) is 25.0 Å².